The highest BCUT2D eigenvalue weighted by Crippen LogP contribution is 2.27. The number of hydrogen-bond acceptors (Lipinski definition) is 6. The van der Waals surface area contributed by atoms with E-state index in [1.165, 1.54) is 0 Å². The highest BCUT2D eigenvalue weighted by Gasteiger charge is 2.12. The lowest BCUT2D eigenvalue weighted by atomic mass is 10.2. The van der Waals surface area contributed by atoms with Crippen LogP contribution in [0.3, 0.4) is 0 Å². The smallest absolute Gasteiger partial charge is 0.276 e. The average molecular weight is 431 g/mol. The molecule has 0 bridgehead atoms. The molecule has 4 rings (SSSR count). The van der Waals surface area contributed by atoms with Crippen molar-refractivity contribution < 1.29 is 14.2 Å². The second kappa shape index (κ2) is 10.5. The minimum absolute atomic E-state index is 0.263. The van der Waals surface area contributed by atoms with E-state index in [1.807, 2.05) is 91.0 Å². The van der Waals surface area contributed by atoms with E-state index >= 15 is 0 Å². The fourth-order valence-electron chi connectivity index (χ4n) is 2.84. The van der Waals surface area contributed by atoms with Crippen molar-refractivity contribution in [2.24, 2.45) is 0 Å². The summed E-state index contributed by atoms with van der Waals surface area (Å²) >= 11 is 4.29. The van der Waals surface area contributed by atoms with Crippen LogP contribution in [0.5, 0.6) is 17.4 Å². The lowest BCUT2D eigenvalue weighted by Gasteiger charge is -2.13. The van der Waals surface area contributed by atoms with Gasteiger partial charge in [0.1, 0.15) is 31.3 Å². The third-order valence-electron chi connectivity index (χ3n) is 4.46. The number of hydrogen-bond donors (Lipinski definition) is 1. The molecule has 0 saturated carbocycles. The first-order valence-corrected chi connectivity index (χ1v) is 10.3. The highest BCUT2D eigenvalue weighted by molar-refractivity contribution is 7.80. The fraction of sp³-hybridized carbons (Fsp3) is 0.120. The predicted molar refractivity (Wildman–Crippen MR) is 122 cm³/mol. The second-order valence-electron chi connectivity index (χ2n) is 6.84. The van der Waals surface area contributed by atoms with Crippen molar-refractivity contribution >= 4 is 12.6 Å². The molecule has 3 aromatic carbocycles. The Morgan fingerprint density at radius 3 is 1.87 bits per heavy atom. The number of rotatable bonds is 9. The molecule has 31 heavy (non-hydrogen) atoms. The van der Waals surface area contributed by atoms with E-state index in [9.17, 15) is 0 Å². The Bertz CT molecular complexity index is 1090. The maximum Gasteiger partial charge on any atom is 0.276 e. The normalized spacial score (nSPS) is 10.5. The molecule has 0 fully saturated rings. The van der Waals surface area contributed by atoms with Crippen molar-refractivity contribution in [2.75, 3.05) is 0 Å². The molecular weight excluding hydrogens is 408 g/mol. The quantitative estimate of drug-likeness (QED) is 0.355. The Kier molecular flexibility index (Phi) is 7.03. The Hall–Kier alpha value is -3.51. The largest absolute Gasteiger partial charge is 0.487 e. The molecule has 1 aromatic heterocycles. The summed E-state index contributed by atoms with van der Waals surface area (Å²) in [4.78, 5) is 0.878. The topological polar surface area (TPSA) is 53.5 Å². The van der Waals surface area contributed by atoms with Gasteiger partial charge in [0.15, 0.2) is 5.75 Å². The van der Waals surface area contributed by atoms with Gasteiger partial charge in [-0.05, 0) is 35.4 Å². The van der Waals surface area contributed by atoms with Crippen LogP contribution in [0.4, 0.5) is 0 Å². The average Bonchev–Trinajstić information content (AvgIpc) is 2.83. The van der Waals surface area contributed by atoms with E-state index in [0.717, 1.165) is 21.8 Å². The van der Waals surface area contributed by atoms with E-state index in [4.69, 9.17) is 14.2 Å². The van der Waals surface area contributed by atoms with Crippen LogP contribution >= 0.6 is 12.6 Å². The summed E-state index contributed by atoms with van der Waals surface area (Å²) in [6.45, 7) is 1.04. The number of nitrogens with zero attached hydrogens (tertiary/aromatic N) is 2. The predicted octanol–water partition coefficient (Wildman–Crippen LogP) is 5.50. The molecule has 0 aliphatic heterocycles. The van der Waals surface area contributed by atoms with Crippen LogP contribution in [-0.2, 0) is 19.8 Å². The molecular formula is C25H22N2O3S. The van der Waals surface area contributed by atoms with Gasteiger partial charge in [0.25, 0.3) is 5.88 Å². The molecule has 6 heteroatoms. The number of ether oxygens (including phenoxy) is 3. The zero-order valence-corrected chi connectivity index (χ0v) is 17.7. The standard InChI is InChI=1S/C25H22N2O3S/c31-23-13-11-22(12-14-23)28-18-21-15-24(29-16-19-7-3-1-4-8-19)25(27-26-21)30-17-20-9-5-2-6-10-20/h1-15,31H,16-18H2. The van der Waals surface area contributed by atoms with Gasteiger partial charge in [-0.2, -0.15) is 0 Å². The molecule has 0 aliphatic rings. The van der Waals surface area contributed by atoms with E-state index in [0.29, 0.717) is 30.5 Å². The number of aromatic nitrogens is 2. The third kappa shape index (κ3) is 6.23. The van der Waals surface area contributed by atoms with Crippen molar-refractivity contribution in [1.82, 2.24) is 10.2 Å². The van der Waals surface area contributed by atoms with Crippen molar-refractivity contribution in [3.63, 3.8) is 0 Å². The molecule has 0 amide bonds. The van der Waals surface area contributed by atoms with Crippen molar-refractivity contribution in [2.45, 2.75) is 24.7 Å². The first-order chi connectivity index (χ1) is 15.3. The van der Waals surface area contributed by atoms with Crippen molar-refractivity contribution in [3.05, 3.63) is 108 Å². The summed E-state index contributed by atoms with van der Waals surface area (Å²) in [7, 11) is 0. The lowest BCUT2D eigenvalue weighted by Crippen LogP contribution is -2.06. The van der Waals surface area contributed by atoms with Gasteiger partial charge < -0.3 is 14.2 Å². The first kappa shape index (κ1) is 20.8. The third-order valence-corrected chi connectivity index (χ3v) is 4.75. The summed E-state index contributed by atoms with van der Waals surface area (Å²) in [5, 5.41) is 8.49. The first-order valence-electron chi connectivity index (χ1n) is 9.88. The molecule has 156 valence electrons. The van der Waals surface area contributed by atoms with Gasteiger partial charge in [0.05, 0.1) is 0 Å². The van der Waals surface area contributed by atoms with Crippen molar-refractivity contribution in [1.29, 1.82) is 0 Å². The minimum Gasteiger partial charge on any atom is -0.487 e. The molecule has 0 saturated heterocycles. The van der Waals surface area contributed by atoms with E-state index in [1.54, 1.807) is 0 Å². The molecule has 0 spiro atoms. The van der Waals surface area contributed by atoms with Gasteiger partial charge in [0, 0.05) is 11.0 Å². The molecule has 0 unspecified atom stereocenters. The van der Waals surface area contributed by atoms with Crippen LogP contribution in [0.15, 0.2) is 95.9 Å². The van der Waals surface area contributed by atoms with Crippen LogP contribution in [0, 0.1) is 0 Å². The van der Waals surface area contributed by atoms with Crippen LogP contribution < -0.4 is 14.2 Å². The van der Waals surface area contributed by atoms with Crippen LogP contribution in [0.1, 0.15) is 16.8 Å². The van der Waals surface area contributed by atoms with Gasteiger partial charge in [0.2, 0.25) is 0 Å². The Morgan fingerprint density at radius 2 is 1.23 bits per heavy atom. The summed E-state index contributed by atoms with van der Waals surface area (Å²) < 4.78 is 17.7. The summed E-state index contributed by atoms with van der Waals surface area (Å²) in [5.41, 5.74) is 2.74. The fourth-order valence-corrected chi connectivity index (χ4v) is 2.98. The van der Waals surface area contributed by atoms with Gasteiger partial charge in [-0.15, -0.1) is 22.8 Å². The van der Waals surface area contributed by atoms with Crippen LogP contribution in [0.2, 0.25) is 0 Å². The second-order valence-corrected chi connectivity index (χ2v) is 7.35. The van der Waals surface area contributed by atoms with E-state index in [-0.39, 0.29) is 6.61 Å². The van der Waals surface area contributed by atoms with E-state index < -0.39 is 0 Å². The zero-order valence-electron chi connectivity index (χ0n) is 16.8. The molecule has 0 atom stereocenters. The zero-order chi connectivity index (χ0) is 21.3. The lowest BCUT2D eigenvalue weighted by molar-refractivity contribution is 0.240. The van der Waals surface area contributed by atoms with Gasteiger partial charge in [-0.3, -0.25) is 0 Å². The molecule has 1 heterocycles. The van der Waals surface area contributed by atoms with Crippen LogP contribution in [-0.4, -0.2) is 10.2 Å². The Morgan fingerprint density at radius 1 is 0.613 bits per heavy atom. The van der Waals surface area contributed by atoms with Gasteiger partial charge >= 0.3 is 0 Å². The van der Waals surface area contributed by atoms with Crippen LogP contribution in [0.25, 0.3) is 0 Å². The van der Waals surface area contributed by atoms with E-state index in [2.05, 4.69) is 22.8 Å². The summed E-state index contributed by atoms with van der Waals surface area (Å²) in [6.07, 6.45) is 0. The summed E-state index contributed by atoms with van der Waals surface area (Å²) in [6, 6.07) is 29.1. The highest BCUT2D eigenvalue weighted by atomic mass is 32.1. The van der Waals surface area contributed by atoms with Gasteiger partial charge in [-0.25, -0.2) is 0 Å². The number of benzene rings is 3. The number of thiol groups is 1. The Balaban J connectivity index is 1.48. The molecule has 4 aromatic rings. The Labute approximate surface area is 187 Å². The van der Waals surface area contributed by atoms with Gasteiger partial charge in [-0.1, -0.05) is 60.7 Å². The molecule has 0 aliphatic carbocycles. The minimum atomic E-state index is 0.263. The summed E-state index contributed by atoms with van der Waals surface area (Å²) in [5.74, 6) is 1.61. The SMILES string of the molecule is Sc1ccc(OCc2cc(OCc3ccccc3)c(OCc3ccccc3)nn2)cc1. The maximum atomic E-state index is 6.03. The molecule has 0 N–H and O–H groups in total. The molecule has 5 nitrogen and oxygen atoms in total. The van der Waals surface area contributed by atoms with Crippen molar-refractivity contribution in [3.8, 4) is 17.4 Å². The monoisotopic (exact) mass is 430 g/mol. The maximum absolute atomic E-state index is 6.03. The molecule has 0 radical (unpaired) electrons.